The number of benzene rings is 3. The van der Waals surface area contributed by atoms with Crippen molar-refractivity contribution in [2.45, 2.75) is 26.0 Å². The van der Waals surface area contributed by atoms with Crippen molar-refractivity contribution in [3.63, 3.8) is 0 Å². The molecule has 0 heterocycles. The van der Waals surface area contributed by atoms with E-state index in [1.165, 1.54) is 12.1 Å². The monoisotopic (exact) mass is 509 g/mol. The minimum Gasteiger partial charge on any atom is -0.478 e. The number of amides is 1. The quantitative estimate of drug-likeness (QED) is 0.354. The van der Waals surface area contributed by atoms with Crippen molar-refractivity contribution in [2.24, 2.45) is 5.92 Å². The van der Waals surface area contributed by atoms with Gasteiger partial charge in [-0.1, -0.05) is 66.8 Å². The highest BCUT2D eigenvalue weighted by molar-refractivity contribution is 6.35. The van der Waals surface area contributed by atoms with Crippen molar-refractivity contribution in [3.05, 3.63) is 98.2 Å². The zero-order valence-electron chi connectivity index (χ0n) is 18.0. The fraction of sp³-hybridized carbons (Fsp3) is 0.240. The van der Waals surface area contributed by atoms with Gasteiger partial charge in [0.25, 0.3) is 5.91 Å². The van der Waals surface area contributed by atoms with Crippen LogP contribution in [-0.4, -0.2) is 23.7 Å². The minimum absolute atomic E-state index is 0.0238. The van der Waals surface area contributed by atoms with Crippen LogP contribution < -0.4 is 10.1 Å². The van der Waals surface area contributed by atoms with E-state index in [0.717, 1.165) is 6.07 Å². The fourth-order valence-corrected chi connectivity index (χ4v) is 3.84. The summed E-state index contributed by atoms with van der Waals surface area (Å²) in [7, 11) is 0. The highest BCUT2D eigenvalue weighted by Gasteiger charge is 2.22. The molecule has 0 aliphatic carbocycles. The Labute approximate surface area is 207 Å². The van der Waals surface area contributed by atoms with Gasteiger partial charge in [-0.25, -0.2) is 4.39 Å². The van der Waals surface area contributed by atoms with Crippen molar-refractivity contribution >= 4 is 40.7 Å². The van der Waals surface area contributed by atoms with Gasteiger partial charge in [-0.2, -0.15) is 0 Å². The van der Waals surface area contributed by atoms with Gasteiger partial charge in [-0.3, -0.25) is 4.79 Å². The van der Waals surface area contributed by atoms with E-state index in [1.807, 2.05) is 13.8 Å². The molecule has 0 bridgehead atoms. The van der Waals surface area contributed by atoms with Gasteiger partial charge in [0.15, 0.2) is 17.7 Å². The van der Waals surface area contributed by atoms with Crippen LogP contribution in [0.2, 0.25) is 15.1 Å². The van der Waals surface area contributed by atoms with Crippen LogP contribution in [0.1, 0.15) is 41.4 Å². The summed E-state index contributed by atoms with van der Waals surface area (Å²) in [6.07, 6.45) is -0.749. The standard InChI is InChI=1S/C25H23Cl3FNO3/c1-14(2)22(13-31)30-25(32)16-5-10-23(21(29)11-16)33-24(15-3-6-17(26)7-4-15)19-9-8-18(27)12-20(19)28/h3-12,14,22,24,31H,13H2,1-2H3,(H,30,32). The second-order valence-electron chi connectivity index (χ2n) is 7.87. The average molecular weight is 511 g/mol. The molecule has 2 N–H and O–H groups in total. The van der Waals surface area contributed by atoms with Crippen LogP contribution >= 0.6 is 34.8 Å². The maximum Gasteiger partial charge on any atom is 0.251 e. The van der Waals surface area contributed by atoms with E-state index in [0.29, 0.717) is 26.2 Å². The van der Waals surface area contributed by atoms with Crippen molar-refractivity contribution in [1.29, 1.82) is 0 Å². The third-order valence-electron chi connectivity index (χ3n) is 5.17. The molecule has 1 amide bonds. The lowest BCUT2D eigenvalue weighted by atomic mass is 10.0. The molecule has 3 aromatic rings. The molecular weight excluding hydrogens is 488 g/mol. The Morgan fingerprint density at radius 2 is 1.67 bits per heavy atom. The van der Waals surface area contributed by atoms with Crippen molar-refractivity contribution in [2.75, 3.05) is 6.61 Å². The van der Waals surface area contributed by atoms with E-state index < -0.39 is 23.9 Å². The normalized spacial score (nSPS) is 13.0. The Hall–Kier alpha value is -2.31. The first-order chi connectivity index (χ1) is 15.7. The van der Waals surface area contributed by atoms with Gasteiger partial charge in [0.1, 0.15) is 0 Å². The lowest BCUT2D eigenvalue weighted by Gasteiger charge is -2.22. The number of hydrogen-bond donors (Lipinski definition) is 2. The number of ether oxygens (including phenoxy) is 1. The van der Waals surface area contributed by atoms with Crippen molar-refractivity contribution < 1.29 is 19.0 Å². The number of nitrogens with one attached hydrogen (secondary N) is 1. The van der Waals surface area contributed by atoms with E-state index in [-0.39, 0.29) is 23.8 Å². The van der Waals surface area contributed by atoms with E-state index in [4.69, 9.17) is 39.5 Å². The predicted molar refractivity (Wildman–Crippen MR) is 130 cm³/mol. The molecule has 0 radical (unpaired) electrons. The number of carbonyl (C=O) groups excluding carboxylic acids is 1. The Bertz CT molecular complexity index is 1120. The molecule has 0 fully saturated rings. The number of rotatable bonds is 8. The molecule has 2 unspecified atom stereocenters. The van der Waals surface area contributed by atoms with E-state index in [9.17, 15) is 14.3 Å². The Morgan fingerprint density at radius 3 is 2.24 bits per heavy atom. The van der Waals surface area contributed by atoms with Gasteiger partial charge in [0.2, 0.25) is 0 Å². The van der Waals surface area contributed by atoms with Crippen molar-refractivity contribution in [1.82, 2.24) is 5.32 Å². The summed E-state index contributed by atoms with van der Waals surface area (Å²) in [4.78, 5) is 12.5. The molecule has 0 aliphatic heterocycles. The number of halogens is 4. The summed E-state index contributed by atoms with van der Waals surface area (Å²) < 4.78 is 21.0. The molecule has 0 saturated heterocycles. The van der Waals surface area contributed by atoms with Gasteiger partial charge < -0.3 is 15.2 Å². The van der Waals surface area contributed by atoms with Crippen LogP contribution in [0.15, 0.2) is 60.7 Å². The van der Waals surface area contributed by atoms with Gasteiger partial charge in [0.05, 0.1) is 12.6 Å². The molecular formula is C25H23Cl3FNO3. The molecule has 0 aromatic heterocycles. The maximum atomic E-state index is 15.0. The molecule has 174 valence electrons. The highest BCUT2D eigenvalue weighted by Crippen LogP contribution is 2.35. The fourth-order valence-electron chi connectivity index (χ4n) is 3.20. The van der Waals surface area contributed by atoms with Gasteiger partial charge >= 0.3 is 0 Å². The molecule has 2 atom stereocenters. The zero-order valence-corrected chi connectivity index (χ0v) is 20.3. The first-order valence-corrected chi connectivity index (χ1v) is 11.4. The number of hydrogen-bond acceptors (Lipinski definition) is 3. The SMILES string of the molecule is CC(C)C(CO)NC(=O)c1ccc(OC(c2ccc(Cl)cc2)c2ccc(Cl)cc2Cl)c(F)c1. The topological polar surface area (TPSA) is 58.6 Å². The molecule has 33 heavy (non-hydrogen) atoms. The van der Waals surface area contributed by atoms with Gasteiger partial charge in [-0.15, -0.1) is 0 Å². The molecule has 8 heteroatoms. The summed E-state index contributed by atoms with van der Waals surface area (Å²) >= 11 is 18.5. The van der Waals surface area contributed by atoms with Crippen LogP contribution in [0.25, 0.3) is 0 Å². The third kappa shape index (κ3) is 6.39. The summed E-state index contributed by atoms with van der Waals surface area (Å²) in [5.41, 5.74) is 1.41. The van der Waals surface area contributed by atoms with E-state index in [2.05, 4.69) is 5.32 Å². The first kappa shape index (κ1) is 25.3. The molecule has 0 saturated carbocycles. The highest BCUT2D eigenvalue weighted by atomic mass is 35.5. The summed E-state index contributed by atoms with van der Waals surface area (Å²) in [5.74, 6) is -1.23. The zero-order chi connectivity index (χ0) is 24.1. The van der Waals surface area contributed by atoms with E-state index >= 15 is 0 Å². The summed E-state index contributed by atoms with van der Waals surface area (Å²) in [6.45, 7) is 3.53. The van der Waals surface area contributed by atoms with Crippen LogP contribution in [0.5, 0.6) is 5.75 Å². The van der Waals surface area contributed by atoms with E-state index in [1.54, 1.807) is 42.5 Å². The molecule has 0 aliphatic rings. The van der Waals surface area contributed by atoms with Crippen LogP contribution in [0.4, 0.5) is 4.39 Å². The average Bonchev–Trinajstić information content (AvgIpc) is 2.77. The minimum atomic E-state index is -0.749. The van der Waals surface area contributed by atoms with Gasteiger partial charge in [-0.05, 0) is 53.9 Å². The maximum absolute atomic E-state index is 15.0. The largest absolute Gasteiger partial charge is 0.478 e. The lowest BCUT2D eigenvalue weighted by molar-refractivity contribution is 0.0896. The number of aliphatic hydroxyl groups is 1. The number of aliphatic hydroxyl groups excluding tert-OH is 1. The molecule has 0 spiro atoms. The van der Waals surface area contributed by atoms with Gasteiger partial charge in [0, 0.05) is 26.2 Å². The Morgan fingerprint density at radius 1 is 1.00 bits per heavy atom. The molecule has 4 nitrogen and oxygen atoms in total. The van der Waals surface area contributed by atoms with Crippen LogP contribution in [0, 0.1) is 11.7 Å². The molecule has 3 rings (SSSR count). The Balaban J connectivity index is 1.91. The first-order valence-electron chi connectivity index (χ1n) is 10.3. The third-order valence-corrected chi connectivity index (χ3v) is 5.99. The van der Waals surface area contributed by atoms with Crippen molar-refractivity contribution in [3.8, 4) is 5.75 Å². The smallest absolute Gasteiger partial charge is 0.251 e. The predicted octanol–water partition coefficient (Wildman–Crippen LogP) is 6.70. The number of carbonyl (C=O) groups is 1. The Kier molecular flexibility index (Phi) is 8.60. The summed E-state index contributed by atoms with van der Waals surface area (Å²) in [5, 5.41) is 13.5. The second kappa shape index (κ2) is 11.2. The summed E-state index contributed by atoms with van der Waals surface area (Å²) in [6, 6.07) is 15.4. The van der Waals surface area contributed by atoms with Crippen LogP contribution in [-0.2, 0) is 0 Å². The lowest BCUT2D eigenvalue weighted by Crippen LogP contribution is -2.41. The second-order valence-corrected chi connectivity index (χ2v) is 9.15. The van der Waals surface area contributed by atoms with Crippen LogP contribution in [0.3, 0.4) is 0 Å². The molecule has 3 aromatic carbocycles.